The van der Waals surface area contributed by atoms with E-state index in [2.05, 4.69) is 19.1 Å². The Kier molecular flexibility index (Phi) is 3.39. The topological polar surface area (TPSA) is 23.8 Å². The first-order chi connectivity index (χ1) is 6.17. The summed E-state index contributed by atoms with van der Waals surface area (Å²) >= 11 is 1.65. The molecule has 0 saturated heterocycles. The highest BCUT2D eigenvalue weighted by Crippen LogP contribution is 2.23. The summed E-state index contributed by atoms with van der Waals surface area (Å²) in [6.07, 6.45) is 2.01. The van der Waals surface area contributed by atoms with Gasteiger partial charge in [-0.2, -0.15) is 5.26 Å². The Balaban J connectivity index is 3.17. The van der Waals surface area contributed by atoms with Gasteiger partial charge in [-0.25, -0.2) is 0 Å². The molecule has 1 aromatic carbocycles. The maximum absolute atomic E-state index is 8.78. The lowest BCUT2D eigenvalue weighted by Crippen LogP contribution is -1.89. The summed E-state index contributed by atoms with van der Waals surface area (Å²) in [4.78, 5) is 1.13. The van der Waals surface area contributed by atoms with E-state index in [0.29, 0.717) is 0 Å². The first-order valence-corrected chi connectivity index (χ1v) is 5.32. The number of nitrogens with zero attached hydrogens (tertiary/aromatic N) is 1. The van der Waals surface area contributed by atoms with Gasteiger partial charge < -0.3 is 0 Å². The Hall–Kier alpha value is -0.940. The fourth-order valence-electron chi connectivity index (χ4n) is 1.09. The van der Waals surface area contributed by atoms with Gasteiger partial charge in [-0.15, -0.1) is 11.8 Å². The Morgan fingerprint density at radius 3 is 2.62 bits per heavy atom. The molecule has 0 aliphatic rings. The molecule has 0 saturated carbocycles. The summed E-state index contributed by atoms with van der Waals surface area (Å²) in [6.45, 7) is 5.97. The third kappa shape index (κ3) is 2.50. The molecule has 0 aliphatic carbocycles. The third-order valence-corrected chi connectivity index (χ3v) is 2.57. The summed E-state index contributed by atoms with van der Waals surface area (Å²) < 4.78 is 0. The molecule has 0 spiro atoms. The Morgan fingerprint density at radius 1 is 1.46 bits per heavy atom. The number of benzene rings is 1. The molecule has 0 heterocycles. The minimum absolute atomic E-state index is 0.235. The van der Waals surface area contributed by atoms with Gasteiger partial charge in [0.2, 0.25) is 0 Å². The fourth-order valence-corrected chi connectivity index (χ4v) is 1.59. The number of nitriles is 1. The zero-order chi connectivity index (χ0) is 9.84. The van der Waals surface area contributed by atoms with E-state index < -0.39 is 0 Å². The minimum Gasteiger partial charge on any atom is -0.192 e. The zero-order valence-electron chi connectivity index (χ0n) is 7.87. The molecule has 0 aliphatic heterocycles. The average molecular weight is 190 g/mol. The summed E-state index contributed by atoms with van der Waals surface area (Å²) in [6, 6.07) is 8.04. The molecule has 67 valence electrons. The molecule has 0 fully saturated rings. The SMILES string of the molecule is [CH2]C(C)c1cc(C#N)cc(SC)c1. The molecule has 0 aromatic heterocycles. The van der Waals surface area contributed by atoms with Crippen molar-refractivity contribution in [3.05, 3.63) is 36.2 Å². The van der Waals surface area contributed by atoms with Gasteiger partial charge in [-0.3, -0.25) is 0 Å². The Labute approximate surface area is 83.8 Å². The Bertz CT molecular complexity index is 336. The van der Waals surface area contributed by atoms with Crippen LogP contribution in [-0.2, 0) is 0 Å². The lowest BCUT2D eigenvalue weighted by atomic mass is 10.0. The van der Waals surface area contributed by atoms with Crippen LogP contribution in [0.5, 0.6) is 0 Å². The smallest absolute Gasteiger partial charge is 0.0992 e. The molecule has 1 radical (unpaired) electrons. The molecule has 2 heteroatoms. The summed E-state index contributed by atoms with van der Waals surface area (Å²) in [5.41, 5.74) is 1.85. The predicted octanol–water partition coefficient (Wildman–Crippen LogP) is 3.22. The van der Waals surface area contributed by atoms with Crippen LogP contribution in [0.15, 0.2) is 23.1 Å². The van der Waals surface area contributed by atoms with Crippen LogP contribution in [0.2, 0.25) is 0 Å². The van der Waals surface area contributed by atoms with Crippen molar-refractivity contribution in [3.8, 4) is 6.07 Å². The second-order valence-corrected chi connectivity index (χ2v) is 3.89. The normalized spacial score (nSPS) is 10.1. The van der Waals surface area contributed by atoms with E-state index in [1.165, 1.54) is 0 Å². The first-order valence-electron chi connectivity index (χ1n) is 4.09. The Morgan fingerprint density at radius 2 is 2.15 bits per heavy atom. The zero-order valence-corrected chi connectivity index (χ0v) is 8.69. The van der Waals surface area contributed by atoms with Crippen LogP contribution >= 0.6 is 11.8 Å². The molecule has 1 nitrogen and oxygen atoms in total. The minimum atomic E-state index is 0.235. The van der Waals surface area contributed by atoms with E-state index in [1.54, 1.807) is 11.8 Å². The third-order valence-electron chi connectivity index (χ3n) is 1.86. The van der Waals surface area contributed by atoms with E-state index in [-0.39, 0.29) is 5.92 Å². The van der Waals surface area contributed by atoms with Gasteiger partial charge in [0.15, 0.2) is 0 Å². The lowest BCUT2D eigenvalue weighted by Gasteiger charge is -2.07. The predicted molar refractivity (Wildman–Crippen MR) is 56.7 cm³/mol. The fraction of sp³-hybridized carbons (Fsp3) is 0.273. The van der Waals surface area contributed by atoms with Crippen molar-refractivity contribution in [2.75, 3.05) is 6.26 Å². The molecule has 1 aromatic rings. The van der Waals surface area contributed by atoms with Gasteiger partial charge in [0.05, 0.1) is 11.6 Å². The first kappa shape index (κ1) is 10.1. The summed E-state index contributed by atoms with van der Waals surface area (Å²) in [5, 5.41) is 8.78. The van der Waals surface area contributed by atoms with Crippen LogP contribution in [-0.4, -0.2) is 6.26 Å². The highest BCUT2D eigenvalue weighted by Gasteiger charge is 2.03. The molecule has 0 amide bonds. The molecular weight excluding hydrogens is 178 g/mol. The van der Waals surface area contributed by atoms with Gasteiger partial charge in [-0.05, 0) is 42.9 Å². The van der Waals surface area contributed by atoms with Crippen LogP contribution in [0.3, 0.4) is 0 Å². The molecule has 13 heavy (non-hydrogen) atoms. The standard InChI is InChI=1S/C11H12NS/c1-8(2)10-4-9(7-12)5-11(6-10)13-3/h4-6,8H,1H2,2-3H3. The number of thioether (sulfide) groups is 1. The lowest BCUT2D eigenvalue weighted by molar-refractivity contribution is 0.956. The molecular formula is C11H12NS. The van der Waals surface area contributed by atoms with Gasteiger partial charge in [0.25, 0.3) is 0 Å². The molecule has 1 rings (SSSR count). The monoisotopic (exact) mass is 190 g/mol. The van der Waals surface area contributed by atoms with Crippen molar-refractivity contribution < 1.29 is 0 Å². The highest BCUT2D eigenvalue weighted by molar-refractivity contribution is 7.98. The largest absolute Gasteiger partial charge is 0.192 e. The summed E-state index contributed by atoms with van der Waals surface area (Å²) in [5.74, 6) is 0.235. The number of hydrogen-bond acceptors (Lipinski definition) is 2. The van der Waals surface area contributed by atoms with Gasteiger partial charge in [0, 0.05) is 4.90 Å². The van der Waals surface area contributed by atoms with Crippen LogP contribution < -0.4 is 0 Å². The maximum atomic E-state index is 8.78. The maximum Gasteiger partial charge on any atom is 0.0992 e. The highest BCUT2D eigenvalue weighted by atomic mass is 32.2. The van der Waals surface area contributed by atoms with Gasteiger partial charge in [-0.1, -0.05) is 6.92 Å². The van der Waals surface area contributed by atoms with E-state index in [0.717, 1.165) is 16.0 Å². The molecule has 1 atom stereocenters. The average Bonchev–Trinajstić information content (AvgIpc) is 2.16. The van der Waals surface area contributed by atoms with E-state index in [9.17, 15) is 0 Å². The van der Waals surface area contributed by atoms with Crippen molar-refractivity contribution in [2.45, 2.75) is 17.7 Å². The van der Waals surface area contributed by atoms with Crippen molar-refractivity contribution in [1.29, 1.82) is 5.26 Å². The van der Waals surface area contributed by atoms with Crippen molar-refractivity contribution in [2.24, 2.45) is 0 Å². The second-order valence-electron chi connectivity index (χ2n) is 3.01. The van der Waals surface area contributed by atoms with Gasteiger partial charge in [0.1, 0.15) is 0 Å². The quantitative estimate of drug-likeness (QED) is 0.668. The second kappa shape index (κ2) is 4.34. The van der Waals surface area contributed by atoms with Gasteiger partial charge >= 0.3 is 0 Å². The molecule has 0 bridgehead atoms. The van der Waals surface area contributed by atoms with Crippen molar-refractivity contribution in [3.63, 3.8) is 0 Å². The van der Waals surface area contributed by atoms with Crippen molar-refractivity contribution >= 4 is 11.8 Å². The molecule has 1 unspecified atom stereocenters. The number of hydrogen-bond donors (Lipinski definition) is 0. The van der Waals surface area contributed by atoms with E-state index >= 15 is 0 Å². The summed E-state index contributed by atoms with van der Waals surface area (Å²) in [7, 11) is 0. The van der Waals surface area contributed by atoms with Crippen LogP contribution in [0.25, 0.3) is 0 Å². The van der Waals surface area contributed by atoms with Crippen molar-refractivity contribution in [1.82, 2.24) is 0 Å². The molecule has 0 N–H and O–H groups in total. The van der Waals surface area contributed by atoms with Crippen LogP contribution in [0, 0.1) is 18.3 Å². The number of rotatable bonds is 2. The van der Waals surface area contributed by atoms with Crippen LogP contribution in [0.1, 0.15) is 24.0 Å². The van der Waals surface area contributed by atoms with E-state index in [4.69, 9.17) is 5.26 Å². The van der Waals surface area contributed by atoms with Crippen LogP contribution in [0.4, 0.5) is 0 Å². The van der Waals surface area contributed by atoms with E-state index in [1.807, 2.05) is 25.3 Å².